The number of hydrogen-bond donors (Lipinski definition) is 1. The Labute approximate surface area is 106 Å². The van der Waals surface area contributed by atoms with Gasteiger partial charge in [-0.05, 0) is 45.0 Å². The third-order valence-electron chi connectivity index (χ3n) is 3.25. The minimum absolute atomic E-state index is 0.106. The average Bonchev–Trinajstić information content (AvgIpc) is 2.57. The zero-order chi connectivity index (χ0) is 13.3. The van der Waals surface area contributed by atoms with Gasteiger partial charge >= 0.3 is 0 Å². The second-order valence-corrected chi connectivity index (χ2v) is 4.41. The molecule has 2 aromatic heterocycles. The molecule has 4 heteroatoms. The molecule has 0 bridgehead atoms. The molecule has 0 fully saturated rings. The van der Waals surface area contributed by atoms with Gasteiger partial charge in [-0.15, -0.1) is 0 Å². The fourth-order valence-corrected chi connectivity index (χ4v) is 2.30. The molecular formula is C14H17FN2O. The minimum atomic E-state index is -0.330. The highest BCUT2D eigenvalue weighted by atomic mass is 19.1. The molecule has 0 radical (unpaired) electrons. The summed E-state index contributed by atoms with van der Waals surface area (Å²) in [6, 6.07) is 1.39. The van der Waals surface area contributed by atoms with E-state index in [4.69, 9.17) is 4.42 Å². The zero-order valence-corrected chi connectivity index (χ0v) is 11.0. The second-order valence-electron chi connectivity index (χ2n) is 4.41. The van der Waals surface area contributed by atoms with E-state index < -0.39 is 0 Å². The van der Waals surface area contributed by atoms with Gasteiger partial charge in [0.2, 0.25) is 0 Å². The Morgan fingerprint density at radius 3 is 2.44 bits per heavy atom. The van der Waals surface area contributed by atoms with Crippen molar-refractivity contribution < 1.29 is 8.81 Å². The number of furan rings is 1. The van der Waals surface area contributed by atoms with E-state index in [2.05, 4.69) is 10.3 Å². The molecule has 1 N–H and O–H groups in total. The van der Waals surface area contributed by atoms with E-state index in [9.17, 15) is 4.39 Å². The van der Waals surface area contributed by atoms with Crippen molar-refractivity contribution in [1.82, 2.24) is 10.3 Å². The second kappa shape index (κ2) is 4.90. The maximum absolute atomic E-state index is 13.3. The van der Waals surface area contributed by atoms with E-state index in [-0.39, 0.29) is 11.9 Å². The van der Waals surface area contributed by atoms with Crippen LogP contribution in [-0.2, 0) is 0 Å². The van der Waals surface area contributed by atoms with Crippen LogP contribution in [0.3, 0.4) is 0 Å². The standard InChI is InChI=1S/C14H17FN2O/c1-8-9(2)18-10(3)13(8)14(16-4)11-5-12(15)7-17-6-11/h5-7,14,16H,1-4H3. The lowest BCUT2D eigenvalue weighted by Crippen LogP contribution is -2.19. The van der Waals surface area contributed by atoms with Gasteiger partial charge < -0.3 is 9.73 Å². The van der Waals surface area contributed by atoms with Gasteiger partial charge in [-0.2, -0.15) is 0 Å². The van der Waals surface area contributed by atoms with Crippen molar-refractivity contribution in [1.29, 1.82) is 0 Å². The van der Waals surface area contributed by atoms with E-state index in [0.717, 1.165) is 28.2 Å². The Bertz CT molecular complexity index is 563. The van der Waals surface area contributed by atoms with Crippen LogP contribution < -0.4 is 5.32 Å². The van der Waals surface area contributed by atoms with Gasteiger partial charge in [0, 0.05) is 11.8 Å². The van der Waals surface area contributed by atoms with Crippen molar-refractivity contribution in [2.45, 2.75) is 26.8 Å². The first-order valence-corrected chi connectivity index (χ1v) is 5.88. The van der Waals surface area contributed by atoms with Crippen molar-refractivity contribution in [3.05, 3.63) is 52.5 Å². The lowest BCUT2D eigenvalue weighted by atomic mass is 9.97. The summed E-state index contributed by atoms with van der Waals surface area (Å²) in [4.78, 5) is 3.90. The van der Waals surface area contributed by atoms with Crippen molar-refractivity contribution in [3.63, 3.8) is 0 Å². The van der Waals surface area contributed by atoms with Gasteiger partial charge in [-0.25, -0.2) is 4.39 Å². The first-order valence-electron chi connectivity index (χ1n) is 5.88. The molecule has 0 spiro atoms. The molecule has 0 aromatic carbocycles. The molecular weight excluding hydrogens is 231 g/mol. The molecule has 0 aliphatic carbocycles. The number of aryl methyl sites for hydroxylation is 2. The molecule has 96 valence electrons. The van der Waals surface area contributed by atoms with Crippen LogP contribution in [0.4, 0.5) is 4.39 Å². The maximum Gasteiger partial charge on any atom is 0.141 e. The predicted octanol–water partition coefficient (Wildman–Crippen LogP) is 3.05. The van der Waals surface area contributed by atoms with E-state index >= 15 is 0 Å². The van der Waals surface area contributed by atoms with Crippen LogP contribution in [0.2, 0.25) is 0 Å². The lowest BCUT2D eigenvalue weighted by molar-refractivity contribution is 0.495. The highest BCUT2D eigenvalue weighted by Gasteiger charge is 2.21. The summed E-state index contributed by atoms with van der Waals surface area (Å²) in [7, 11) is 1.84. The quantitative estimate of drug-likeness (QED) is 0.907. The van der Waals surface area contributed by atoms with Gasteiger partial charge in [-0.1, -0.05) is 0 Å². The number of nitrogens with zero attached hydrogens (tertiary/aromatic N) is 1. The third kappa shape index (κ3) is 2.16. The van der Waals surface area contributed by atoms with Crippen LogP contribution in [0.25, 0.3) is 0 Å². The highest BCUT2D eigenvalue weighted by molar-refractivity contribution is 5.39. The van der Waals surface area contributed by atoms with Gasteiger partial charge in [0.25, 0.3) is 0 Å². The molecule has 3 nitrogen and oxygen atoms in total. The summed E-state index contributed by atoms with van der Waals surface area (Å²) in [6.45, 7) is 5.87. The Kier molecular flexibility index (Phi) is 3.48. The molecule has 1 unspecified atom stereocenters. The molecule has 0 amide bonds. The molecule has 0 saturated heterocycles. The molecule has 2 heterocycles. The van der Waals surface area contributed by atoms with Crippen molar-refractivity contribution in [2.75, 3.05) is 7.05 Å². The number of nitrogens with one attached hydrogen (secondary N) is 1. The Morgan fingerprint density at radius 1 is 1.22 bits per heavy atom. The number of pyridine rings is 1. The summed E-state index contributed by atoms with van der Waals surface area (Å²) in [6.07, 6.45) is 2.88. The van der Waals surface area contributed by atoms with Gasteiger partial charge in [0.05, 0.1) is 12.2 Å². The Hall–Kier alpha value is -1.68. The van der Waals surface area contributed by atoms with Crippen LogP contribution in [-0.4, -0.2) is 12.0 Å². The van der Waals surface area contributed by atoms with Crippen LogP contribution in [0.1, 0.15) is 34.3 Å². The summed E-state index contributed by atoms with van der Waals surface area (Å²) < 4.78 is 18.9. The average molecular weight is 248 g/mol. The summed E-state index contributed by atoms with van der Waals surface area (Å²) in [5.41, 5.74) is 2.95. The maximum atomic E-state index is 13.3. The lowest BCUT2D eigenvalue weighted by Gasteiger charge is -2.17. The number of hydrogen-bond acceptors (Lipinski definition) is 3. The van der Waals surface area contributed by atoms with E-state index in [1.807, 2.05) is 27.8 Å². The van der Waals surface area contributed by atoms with Gasteiger partial charge in [0.15, 0.2) is 0 Å². The van der Waals surface area contributed by atoms with E-state index in [1.54, 1.807) is 6.20 Å². The predicted molar refractivity (Wildman–Crippen MR) is 68.0 cm³/mol. The van der Waals surface area contributed by atoms with Crippen LogP contribution in [0, 0.1) is 26.6 Å². The van der Waals surface area contributed by atoms with E-state index in [0.29, 0.717) is 0 Å². The fourth-order valence-electron chi connectivity index (χ4n) is 2.30. The first kappa shape index (κ1) is 12.8. The normalized spacial score (nSPS) is 12.7. The van der Waals surface area contributed by atoms with Crippen LogP contribution >= 0.6 is 0 Å². The monoisotopic (exact) mass is 248 g/mol. The third-order valence-corrected chi connectivity index (χ3v) is 3.25. The number of halogens is 1. The SMILES string of the molecule is CNC(c1cncc(F)c1)c1c(C)oc(C)c1C. The highest BCUT2D eigenvalue weighted by Crippen LogP contribution is 2.31. The summed E-state index contributed by atoms with van der Waals surface area (Å²) in [5.74, 6) is 1.42. The van der Waals surface area contributed by atoms with Crippen LogP contribution in [0.15, 0.2) is 22.9 Å². The molecule has 0 aliphatic heterocycles. The van der Waals surface area contributed by atoms with Crippen molar-refractivity contribution in [2.24, 2.45) is 0 Å². The molecule has 18 heavy (non-hydrogen) atoms. The minimum Gasteiger partial charge on any atom is -0.466 e. The van der Waals surface area contributed by atoms with Crippen LogP contribution in [0.5, 0.6) is 0 Å². The summed E-state index contributed by atoms with van der Waals surface area (Å²) >= 11 is 0. The van der Waals surface area contributed by atoms with Crippen molar-refractivity contribution in [3.8, 4) is 0 Å². The molecule has 0 aliphatic rings. The summed E-state index contributed by atoms with van der Waals surface area (Å²) in [5, 5.41) is 3.19. The molecule has 2 aromatic rings. The Morgan fingerprint density at radius 2 is 1.94 bits per heavy atom. The smallest absolute Gasteiger partial charge is 0.141 e. The van der Waals surface area contributed by atoms with Gasteiger partial charge in [-0.3, -0.25) is 4.98 Å². The Balaban J connectivity index is 2.52. The fraction of sp³-hybridized carbons (Fsp3) is 0.357. The topological polar surface area (TPSA) is 38.1 Å². The molecule has 0 saturated carbocycles. The van der Waals surface area contributed by atoms with Gasteiger partial charge in [0.1, 0.15) is 17.3 Å². The molecule has 1 atom stereocenters. The number of rotatable bonds is 3. The van der Waals surface area contributed by atoms with Crippen molar-refractivity contribution >= 4 is 0 Å². The number of aromatic nitrogens is 1. The zero-order valence-electron chi connectivity index (χ0n) is 11.0. The van der Waals surface area contributed by atoms with E-state index in [1.165, 1.54) is 12.3 Å². The largest absolute Gasteiger partial charge is 0.466 e. The first-order chi connectivity index (χ1) is 8.54. The molecule has 2 rings (SSSR count).